The summed E-state index contributed by atoms with van der Waals surface area (Å²) in [5, 5.41) is 11.5. The number of nitrogens with one attached hydrogen (secondary N) is 1. The van der Waals surface area contributed by atoms with Crippen molar-refractivity contribution < 1.29 is 50.1 Å². The van der Waals surface area contributed by atoms with Crippen LogP contribution in [-0.2, 0) is 34.6 Å². The number of carbonyl (C=O) groups excluding carboxylic acids is 2. The number of carbonyl (C=O) groups is 2. The van der Waals surface area contributed by atoms with Crippen LogP contribution in [0.2, 0.25) is 5.02 Å². The Morgan fingerprint density at radius 1 is 1.09 bits per heavy atom. The molecule has 0 radical (unpaired) electrons. The van der Waals surface area contributed by atoms with Crippen LogP contribution in [0.25, 0.3) is 10.8 Å². The molecule has 3 fully saturated rings. The number of alkyl carbamates (subject to hydrolysis) is 1. The van der Waals surface area contributed by atoms with Gasteiger partial charge in [-0.3, -0.25) is 4.79 Å². The smallest absolute Gasteiger partial charge is 0.422 e. The van der Waals surface area contributed by atoms with Crippen molar-refractivity contribution in [2.75, 3.05) is 26.4 Å². The first-order valence-corrected chi connectivity index (χ1v) is 16.4. The maximum Gasteiger partial charge on any atom is 0.422 e. The molecule has 1 aliphatic carbocycles. The molecule has 0 spiro atoms. The van der Waals surface area contributed by atoms with E-state index in [1.54, 1.807) is 24.3 Å². The highest BCUT2D eigenvalue weighted by molar-refractivity contribution is 7.92. The minimum atomic E-state index is -4.62. The van der Waals surface area contributed by atoms with Crippen LogP contribution in [0.1, 0.15) is 24.8 Å². The average molecular weight is 694 g/mol. The molecule has 47 heavy (non-hydrogen) atoms. The Labute approximate surface area is 272 Å². The lowest BCUT2D eigenvalue weighted by atomic mass is 9.96. The molecule has 1 saturated carbocycles. The largest absolute Gasteiger partial charge is 0.484 e. The normalized spacial score (nSPS) is 21.6. The summed E-state index contributed by atoms with van der Waals surface area (Å²) in [5.41, 5.74) is -0.743. The maximum absolute atomic E-state index is 14.5. The van der Waals surface area contributed by atoms with Crippen molar-refractivity contribution in [3.63, 3.8) is 0 Å². The number of nitrogens with zero attached hydrogens (tertiary/aromatic N) is 2. The third kappa shape index (κ3) is 6.42. The average Bonchev–Trinajstić information content (AvgIpc) is 3.41. The number of amides is 2. The van der Waals surface area contributed by atoms with Crippen molar-refractivity contribution in [2.45, 2.75) is 53.1 Å². The fraction of sp³-hybridized carbons (Fsp3) is 0.387. The lowest BCUT2D eigenvalue weighted by molar-refractivity contribution is -0.203. The van der Waals surface area contributed by atoms with Crippen molar-refractivity contribution in [1.29, 1.82) is 5.26 Å². The number of benzene rings is 3. The molecule has 1 N–H and O–H groups in total. The zero-order valence-corrected chi connectivity index (χ0v) is 26.0. The summed E-state index contributed by atoms with van der Waals surface area (Å²) in [4.78, 5) is 28.1. The molecule has 2 heterocycles. The van der Waals surface area contributed by atoms with E-state index in [-0.39, 0.29) is 19.0 Å². The number of halogens is 4. The lowest BCUT2D eigenvalue weighted by Gasteiger charge is -2.34. The van der Waals surface area contributed by atoms with Crippen LogP contribution in [0.3, 0.4) is 0 Å². The van der Waals surface area contributed by atoms with E-state index in [1.165, 1.54) is 0 Å². The van der Waals surface area contributed by atoms with Gasteiger partial charge in [-0.25, -0.2) is 13.2 Å². The van der Waals surface area contributed by atoms with Gasteiger partial charge in [-0.15, -0.1) is 0 Å². The number of alkyl halides is 3. The van der Waals surface area contributed by atoms with E-state index in [2.05, 4.69) is 10.1 Å². The van der Waals surface area contributed by atoms with Crippen molar-refractivity contribution >= 4 is 44.2 Å². The fourth-order valence-corrected chi connectivity index (χ4v) is 7.92. The van der Waals surface area contributed by atoms with E-state index in [4.69, 9.17) is 25.8 Å². The zero-order valence-electron chi connectivity index (χ0n) is 24.5. The molecule has 6 rings (SSSR count). The Balaban J connectivity index is 1.33. The van der Waals surface area contributed by atoms with Gasteiger partial charge in [0, 0.05) is 24.6 Å². The Hall–Kier alpha value is -4.10. The van der Waals surface area contributed by atoms with Crippen LogP contribution in [0.5, 0.6) is 5.75 Å². The Bertz CT molecular complexity index is 1870. The molecule has 2 amide bonds. The second-order valence-corrected chi connectivity index (χ2v) is 14.0. The van der Waals surface area contributed by atoms with Crippen LogP contribution in [0.4, 0.5) is 18.0 Å². The first-order valence-electron chi connectivity index (χ1n) is 14.5. The molecule has 0 aromatic heterocycles. The van der Waals surface area contributed by atoms with E-state index >= 15 is 0 Å². The molecule has 3 aromatic carbocycles. The summed E-state index contributed by atoms with van der Waals surface area (Å²) in [6.07, 6.45) is -6.69. The van der Waals surface area contributed by atoms with Gasteiger partial charge in [0.05, 0.1) is 34.5 Å². The van der Waals surface area contributed by atoms with Gasteiger partial charge in [-0.2, -0.15) is 18.4 Å². The summed E-state index contributed by atoms with van der Waals surface area (Å²) in [5.74, 6) is -3.12. The summed E-state index contributed by atoms with van der Waals surface area (Å²) < 4.78 is 87.9. The van der Waals surface area contributed by atoms with Crippen molar-refractivity contribution in [3.8, 4) is 11.8 Å². The third-order valence-electron chi connectivity index (χ3n) is 8.19. The van der Waals surface area contributed by atoms with E-state index in [9.17, 15) is 36.4 Å². The minimum Gasteiger partial charge on any atom is -0.484 e. The molecule has 3 aromatic rings. The van der Waals surface area contributed by atoms with Crippen LogP contribution in [0.15, 0.2) is 65.6 Å². The topological polar surface area (TPSA) is 144 Å². The van der Waals surface area contributed by atoms with E-state index < -0.39 is 80.3 Å². The lowest BCUT2D eigenvalue weighted by Crippen LogP contribution is -2.52. The second-order valence-electron chi connectivity index (χ2n) is 11.4. The molecule has 11 nitrogen and oxygen atoms in total. The molecule has 2 aliphatic heterocycles. The maximum atomic E-state index is 14.5. The quantitative estimate of drug-likeness (QED) is 0.351. The third-order valence-corrected chi connectivity index (χ3v) is 10.8. The molecule has 2 saturated heterocycles. The van der Waals surface area contributed by atoms with Crippen LogP contribution in [0, 0.1) is 11.3 Å². The monoisotopic (exact) mass is 693 g/mol. The van der Waals surface area contributed by atoms with Gasteiger partial charge in [0.25, 0.3) is 11.7 Å². The molecule has 0 bridgehead atoms. The van der Waals surface area contributed by atoms with Crippen LogP contribution >= 0.6 is 11.6 Å². The molecular formula is C31H27ClF3N3O8S. The van der Waals surface area contributed by atoms with Gasteiger partial charge in [-0.05, 0) is 35.7 Å². The van der Waals surface area contributed by atoms with Crippen molar-refractivity contribution in [2.24, 2.45) is 0 Å². The predicted molar refractivity (Wildman–Crippen MR) is 159 cm³/mol. The van der Waals surface area contributed by atoms with Crippen molar-refractivity contribution in [1.82, 2.24) is 10.2 Å². The van der Waals surface area contributed by atoms with Crippen LogP contribution in [-0.4, -0.2) is 74.9 Å². The van der Waals surface area contributed by atoms with E-state index in [0.717, 1.165) is 28.5 Å². The van der Waals surface area contributed by atoms with Gasteiger partial charge in [-0.1, -0.05) is 54.1 Å². The standard InChI is InChI=1S/C31H27ClF3N3O8S/c32-24-14-20(43-18-30(33,34)35)8-9-25(24)47(41,42)21-15-26(46-28(40)37-29(17-36)10-11-29)38(16-21)27(39)31(44-12-13-45-31)23-7-3-5-19-4-1-2-6-22(19)23/h1-9,14,21,26H,10-13,15-16,18H2,(H,37,40)/t21-,26+/m1/s1. The molecular weight excluding hydrogens is 667 g/mol. The fourth-order valence-electron chi connectivity index (χ4n) is 5.71. The van der Waals surface area contributed by atoms with E-state index in [0.29, 0.717) is 23.8 Å². The number of hydrogen-bond donors (Lipinski definition) is 1. The minimum absolute atomic E-state index is 0.0413. The molecule has 0 unspecified atom stereocenters. The number of likely N-dealkylation sites (tertiary alicyclic amines) is 1. The van der Waals surface area contributed by atoms with Gasteiger partial charge in [0.1, 0.15) is 11.3 Å². The molecule has 16 heteroatoms. The highest BCUT2D eigenvalue weighted by atomic mass is 35.5. The van der Waals surface area contributed by atoms with Gasteiger partial charge in [0.15, 0.2) is 22.7 Å². The first kappa shape index (κ1) is 32.8. The highest BCUT2D eigenvalue weighted by Gasteiger charge is 2.55. The summed E-state index contributed by atoms with van der Waals surface area (Å²) in [7, 11) is -4.38. The first-order chi connectivity index (χ1) is 22.3. The summed E-state index contributed by atoms with van der Waals surface area (Å²) in [6, 6.07) is 17.4. The Morgan fingerprint density at radius 3 is 2.45 bits per heavy atom. The van der Waals surface area contributed by atoms with Crippen LogP contribution < -0.4 is 10.1 Å². The van der Waals surface area contributed by atoms with Gasteiger partial charge < -0.3 is 29.2 Å². The van der Waals surface area contributed by atoms with Gasteiger partial charge >= 0.3 is 12.3 Å². The number of nitriles is 1. The van der Waals surface area contributed by atoms with Gasteiger partial charge in [0.2, 0.25) is 0 Å². The number of ether oxygens (including phenoxy) is 4. The van der Waals surface area contributed by atoms with E-state index in [1.807, 2.05) is 24.3 Å². The molecule has 3 aliphatic rings. The SMILES string of the molecule is N#CC1(NC(=O)O[C@H]2C[C@@H](S(=O)(=O)c3ccc(OCC(F)(F)F)cc3Cl)CN2C(=O)C2(c3cccc4ccccc34)OCCO2)CC1. The zero-order chi connectivity index (χ0) is 33.6. The van der Waals surface area contributed by atoms with Crippen molar-refractivity contribution in [3.05, 3.63) is 71.2 Å². The number of hydrogen-bond acceptors (Lipinski definition) is 9. The predicted octanol–water partition coefficient (Wildman–Crippen LogP) is 4.82. The number of sulfone groups is 1. The number of rotatable bonds is 8. The Morgan fingerprint density at radius 2 is 1.79 bits per heavy atom. The second kappa shape index (κ2) is 12.2. The highest BCUT2D eigenvalue weighted by Crippen LogP contribution is 2.42. The summed E-state index contributed by atoms with van der Waals surface area (Å²) in [6.45, 7) is -2.00. The summed E-state index contributed by atoms with van der Waals surface area (Å²) >= 11 is 6.23. The Kier molecular flexibility index (Phi) is 8.50. The molecule has 248 valence electrons. The number of fused-ring (bicyclic) bond motifs is 1. The molecule has 2 atom stereocenters.